The molecule has 0 saturated carbocycles. The Hall–Kier alpha value is -2.33. The number of benzene rings is 2. The van der Waals surface area contributed by atoms with Crippen LogP contribution in [-0.2, 0) is 16.1 Å². The number of hydrogen-bond acceptors (Lipinski definition) is 4. The van der Waals surface area contributed by atoms with Crippen LogP contribution in [0, 0.1) is 0 Å². The summed E-state index contributed by atoms with van der Waals surface area (Å²) in [6, 6.07) is 17.9. The van der Waals surface area contributed by atoms with E-state index in [2.05, 4.69) is 34.7 Å². The summed E-state index contributed by atoms with van der Waals surface area (Å²) in [7, 11) is 3.42. The molecule has 182 valence electrons. The highest BCUT2D eigenvalue weighted by Gasteiger charge is 2.06. The lowest BCUT2D eigenvalue weighted by atomic mass is 10.1. The first-order valence-electron chi connectivity index (χ1n) is 11.1. The predicted octanol–water partition coefficient (Wildman–Crippen LogP) is 3.99. The fourth-order valence-electron chi connectivity index (χ4n) is 2.88. The second-order valence-corrected chi connectivity index (χ2v) is 7.62. The van der Waals surface area contributed by atoms with Crippen LogP contribution >= 0.6 is 24.0 Å². The number of ether oxygens (including phenoxy) is 2. The predicted molar refractivity (Wildman–Crippen MR) is 144 cm³/mol. The molecule has 2 aromatic rings. The van der Waals surface area contributed by atoms with Gasteiger partial charge in [0.05, 0.1) is 12.6 Å². The largest absolute Gasteiger partial charge is 0.484 e. The molecular weight excluding hydrogens is 531 g/mol. The maximum absolute atomic E-state index is 11.7. The van der Waals surface area contributed by atoms with Gasteiger partial charge >= 0.3 is 0 Å². The van der Waals surface area contributed by atoms with E-state index in [1.54, 1.807) is 14.1 Å². The molecule has 0 bridgehead atoms. The first-order valence-corrected chi connectivity index (χ1v) is 11.1. The number of aliphatic imine (C=N–C) groups is 1. The van der Waals surface area contributed by atoms with Gasteiger partial charge in [-0.2, -0.15) is 0 Å². The Morgan fingerprint density at radius 1 is 1.09 bits per heavy atom. The van der Waals surface area contributed by atoms with Crippen molar-refractivity contribution in [3.63, 3.8) is 0 Å². The molecule has 2 rings (SSSR count). The normalized spacial score (nSPS) is 11.8. The minimum Gasteiger partial charge on any atom is -0.484 e. The van der Waals surface area contributed by atoms with Crippen molar-refractivity contribution >= 4 is 35.8 Å². The molecule has 0 aliphatic carbocycles. The lowest BCUT2D eigenvalue weighted by Gasteiger charge is -2.15. The van der Waals surface area contributed by atoms with Crippen molar-refractivity contribution in [3.05, 3.63) is 65.7 Å². The first kappa shape index (κ1) is 28.7. The van der Waals surface area contributed by atoms with E-state index >= 15 is 0 Å². The molecule has 0 fully saturated rings. The van der Waals surface area contributed by atoms with Gasteiger partial charge in [-0.05, 0) is 43.5 Å². The molecule has 1 atom stereocenters. The van der Waals surface area contributed by atoms with Gasteiger partial charge in [-0.15, -0.1) is 24.0 Å². The third-order valence-electron chi connectivity index (χ3n) is 4.77. The van der Waals surface area contributed by atoms with E-state index in [0.717, 1.165) is 31.0 Å². The number of nitrogens with one attached hydrogen (secondary N) is 2. The minimum absolute atomic E-state index is 0. The van der Waals surface area contributed by atoms with E-state index in [1.165, 1.54) is 10.5 Å². The first-order chi connectivity index (χ1) is 15.5. The van der Waals surface area contributed by atoms with E-state index in [-0.39, 0.29) is 42.6 Å². The Balaban J connectivity index is 0.00000544. The van der Waals surface area contributed by atoms with E-state index in [4.69, 9.17) is 9.47 Å². The Morgan fingerprint density at radius 2 is 1.85 bits per heavy atom. The highest BCUT2D eigenvalue weighted by atomic mass is 127. The van der Waals surface area contributed by atoms with Gasteiger partial charge in [-0.1, -0.05) is 42.5 Å². The van der Waals surface area contributed by atoms with Gasteiger partial charge < -0.3 is 25.0 Å². The molecule has 0 heterocycles. The quantitative estimate of drug-likeness (QED) is 0.175. The highest BCUT2D eigenvalue weighted by Crippen LogP contribution is 2.16. The van der Waals surface area contributed by atoms with Crippen LogP contribution in [0.1, 0.15) is 37.5 Å². The number of carbonyl (C=O) groups excluding carboxylic acids is 1. The van der Waals surface area contributed by atoms with Crippen LogP contribution in [0.15, 0.2) is 59.6 Å². The van der Waals surface area contributed by atoms with Gasteiger partial charge in [0.15, 0.2) is 12.6 Å². The Bertz CT molecular complexity index is 847. The molecule has 0 aliphatic rings. The van der Waals surface area contributed by atoms with Crippen molar-refractivity contribution < 1.29 is 14.3 Å². The SMILES string of the molecule is CCNC(=NCc1cccc(OCC(=O)N(C)C)c1)NCCCOC(C)c1ccccc1.I. The van der Waals surface area contributed by atoms with Crippen molar-refractivity contribution in [2.45, 2.75) is 32.9 Å². The van der Waals surface area contributed by atoms with Crippen LogP contribution in [0.4, 0.5) is 0 Å². The lowest BCUT2D eigenvalue weighted by Crippen LogP contribution is -2.38. The van der Waals surface area contributed by atoms with Crippen molar-refractivity contribution in [1.29, 1.82) is 0 Å². The molecule has 1 amide bonds. The van der Waals surface area contributed by atoms with Crippen LogP contribution in [0.2, 0.25) is 0 Å². The summed E-state index contributed by atoms with van der Waals surface area (Å²) < 4.78 is 11.5. The zero-order valence-electron chi connectivity index (χ0n) is 20.0. The molecule has 0 radical (unpaired) electrons. The number of rotatable bonds is 12. The van der Waals surface area contributed by atoms with Gasteiger partial charge in [0.1, 0.15) is 5.75 Å². The maximum Gasteiger partial charge on any atom is 0.259 e. The lowest BCUT2D eigenvalue weighted by molar-refractivity contribution is -0.130. The zero-order chi connectivity index (χ0) is 23.2. The molecule has 33 heavy (non-hydrogen) atoms. The van der Waals surface area contributed by atoms with E-state index in [1.807, 2.05) is 49.4 Å². The van der Waals surface area contributed by atoms with Crippen LogP contribution in [0.5, 0.6) is 5.75 Å². The molecule has 8 heteroatoms. The van der Waals surface area contributed by atoms with Gasteiger partial charge in [-0.25, -0.2) is 4.99 Å². The van der Waals surface area contributed by atoms with Gasteiger partial charge in [0, 0.05) is 33.8 Å². The van der Waals surface area contributed by atoms with Gasteiger partial charge in [0.25, 0.3) is 5.91 Å². The number of carbonyl (C=O) groups is 1. The molecule has 0 saturated heterocycles. The number of halogens is 1. The van der Waals surface area contributed by atoms with Crippen molar-refractivity contribution in [3.8, 4) is 5.75 Å². The zero-order valence-corrected chi connectivity index (χ0v) is 22.4. The van der Waals surface area contributed by atoms with Crippen LogP contribution in [0.25, 0.3) is 0 Å². The summed E-state index contributed by atoms with van der Waals surface area (Å²) in [5.41, 5.74) is 2.20. The average Bonchev–Trinajstić information content (AvgIpc) is 2.81. The third-order valence-corrected chi connectivity index (χ3v) is 4.77. The number of amides is 1. The molecule has 0 aliphatic heterocycles. The van der Waals surface area contributed by atoms with Gasteiger partial charge in [-0.3, -0.25) is 4.79 Å². The average molecular weight is 569 g/mol. The highest BCUT2D eigenvalue weighted by molar-refractivity contribution is 14.0. The molecular formula is C25H37IN4O3. The third kappa shape index (κ3) is 11.4. The van der Waals surface area contributed by atoms with E-state index in [0.29, 0.717) is 18.9 Å². The number of hydrogen-bond donors (Lipinski definition) is 2. The van der Waals surface area contributed by atoms with Crippen molar-refractivity contribution in [1.82, 2.24) is 15.5 Å². The fourth-order valence-corrected chi connectivity index (χ4v) is 2.88. The number of likely N-dealkylation sites (N-methyl/N-ethyl adjacent to an activating group) is 1. The van der Waals surface area contributed by atoms with Gasteiger partial charge in [0.2, 0.25) is 0 Å². The number of guanidine groups is 1. The fraction of sp³-hybridized carbons (Fsp3) is 0.440. The second-order valence-electron chi connectivity index (χ2n) is 7.62. The van der Waals surface area contributed by atoms with Crippen molar-refractivity contribution in [2.75, 3.05) is 40.4 Å². The minimum atomic E-state index is -0.0748. The molecule has 1 unspecified atom stereocenters. The molecule has 7 nitrogen and oxygen atoms in total. The molecule has 0 spiro atoms. The second kappa shape index (κ2) is 16.3. The molecule has 2 N–H and O–H groups in total. The van der Waals surface area contributed by atoms with E-state index < -0.39 is 0 Å². The summed E-state index contributed by atoms with van der Waals surface area (Å²) in [5, 5.41) is 6.61. The Kier molecular flexibility index (Phi) is 14.2. The summed E-state index contributed by atoms with van der Waals surface area (Å²) in [4.78, 5) is 17.9. The summed E-state index contributed by atoms with van der Waals surface area (Å²) in [5.74, 6) is 1.35. The Morgan fingerprint density at radius 3 is 2.55 bits per heavy atom. The van der Waals surface area contributed by atoms with Crippen LogP contribution in [0.3, 0.4) is 0 Å². The Labute approximate surface area is 215 Å². The topological polar surface area (TPSA) is 75.2 Å². The smallest absolute Gasteiger partial charge is 0.259 e. The van der Waals surface area contributed by atoms with Crippen LogP contribution in [-0.4, -0.2) is 57.2 Å². The maximum atomic E-state index is 11.7. The summed E-state index contributed by atoms with van der Waals surface area (Å²) in [6.45, 7) is 6.87. The summed E-state index contributed by atoms with van der Waals surface area (Å²) >= 11 is 0. The van der Waals surface area contributed by atoms with Crippen LogP contribution < -0.4 is 15.4 Å². The monoisotopic (exact) mass is 568 g/mol. The summed E-state index contributed by atoms with van der Waals surface area (Å²) in [6.07, 6.45) is 0.964. The van der Waals surface area contributed by atoms with E-state index in [9.17, 15) is 4.79 Å². The number of nitrogens with zero attached hydrogens (tertiary/aromatic N) is 2. The molecule has 0 aromatic heterocycles. The molecule has 2 aromatic carbocycles. The standard InChI is InChI=1S/C25H36N4O3.HI/c1-5-26-25(27-15-10-16-31-20(2)22-12-7-6-8-13-22)28-18-21-11-9-14-23(17-21)32-19-24(30)29(3)4;/h6-9,11-14,17,20H,5,10,15-16,18-19H2,1-4H3,(H2,26,27,28);1H. The van der Waals surface area contributed by atoms with Crippen molar-refractivity contribution in [2.24, 2.45) is 4.99 Å².